The van der Waals surface area contributed by atoms with E-state index in [1.807, 2.05) is 0 Å². The Morgan fingerprint density at radius 2 is 1.67 bits per heavy atom. The van der Waals surface area contributed by atoms with Gasteiger partial charge in [0.25, 0.3) is 0 Å². The van der Waals surface area contributed by atoms with Crippen molar-refractivity contribution in [2.24, 2.45) is 0 Å². The van der Waals surface area contributed by atoms with Crippen molar-refractivity contribution in [2.75, 3.05) is 5.32 Å². The first kappa shape index (κ1) is 22.7. The van der Waals surface area contributed by atoms with Gasteiger partial charge in [-0.25, -0.2) is 4.79 Å². The summed E-state index contributed by atoms with van der Waals surface area (Å²) in [7, 11) is 0. The largest absolute Gasteiger partial charge is 0.460 e. The molecule has 13 heteroatoms. The number of halogens is 7. The highest BCUT2D eigenvalue weighted by atomic mass is 32.1. The summed E-state index contributed by atoms with van der Waals surface area (Å²) in [6.45, 7) is 4.15. The Morgan fingerprint density at radius 3 is 2.07 bits per heavy atom. The van der Waals surface area contributed by atoms with Crippen LogP contribution in [0.1, 0.15) is 34.6 Å². The zero-order valence-corrected chi connectivity index (χ0v) is 14.6. The number of amides is 1. The number of anilines is 1. The molecule has 0 atom stereocenters. The topological polar surface area (TPSA) is 79.2 Å². The van der Waals surface area contributed by atoms with E-state index in [4.69, 9.17) is 10.00 Å². The van der Waals surface area contributed by atoms with Crippen molar-refractivity contribution in [1.29, 1.82) is 5.26 Å². The normalized spacial score (nSPS) is 12.7. The van der Waals surface area contributed by atoms with Gasteiger partial charge in [0.15, 0.2) is 0 Å². The number of ether oxygens (including phenoxy) is 1. The fraction of sp³-hybridized carbons (Fsp3) is 0.500. The maximum absolute atomic E-state index is 13.4. The van der Waals surface area contributed by atoms with E-state index in [1.54, 1.807) is 0 Å². The molecule has 150 valence electrons. The average Bonchev–Trinajstić information content (AvgIpc) is 2.80. The van der Waals surface area contributed by atoms with Crippen molar-refractivity contribution in [3.05, 3.63) is 16.0 Å². The van der Waals surface area contributed by atoms with Gasteiger partial charge in [-0.1, -0.05) is 0 Å². The molecule has 0 saturated heterocycles. The Labute approximate surface area is 151 Å². The maximum Gasteiger partial charge on any atom is 0.460 e. The second-order valence-electron chi connectivity index (χ2n) is 5.43. The van der Waals surface area contributed by atoms with Gasteiger partial charge < -0.3 is 10.1 Å². The van der Waals surface area contributed by atoms with Crippen LogP contribution in [0.5, 0.6) is 0 Å². The molecule has 27 heavy (non-hydrogen) atoms. The highest BCUT2D eigenvalue weighted by Gasteiger charge is 2.76. The first-order chi connectivity index (χ1) is 12.1. The summed E-state index contributed by atoms with van der Waals surface area (Å²) in [5.74, 6) is -16.8. The van der Waals surface area contributed by atoms with Gasteiger partial charge in [0, 0.05) is 0 Å². The number of rotatable bonds is 5. The quantitative estimate of drug-likeness (QED) is 0.570. The molecule has 0 aliphatic heterocycles. The number of alkyl halides is 7. The summed E-state index contributed by atoms with van der Waals surface area (Å²) in [6.07, 6.45) is -7.29. The van der Waals surface area contributed by atoms with Gasteiger partial charge in [-0.3, -0.25) is 4.79 Å². The fourth-order valence-electron chi connectivity index (χ4n) is 1.70. The molecule has 1 N–H and O–H groups in total. The lowest BCUT2D eigenvalue weighted by molar-refractivity contribution is -0.343. The third kappa shape index (κ3) is 4.15. The number of esters is 1. The Morgan fingerprint density at radius 1 is 1.15 bits per heavy atom. The van der Waals surface area contributed by atoms with Crippen molar-refractivity contribution >= 4 is 28.2 Å². The molecule has 0 radical (unpaired) electrons. The molecule has 1 heterocycles. The molecule has 1 aromatic rings. The van der Waals surface area contributed by atoms with Crippen molar-refractivity contribution in [3.8, 4) is 6.07 Å². The number of nitrogens with zero attached hydrogens (tertiary/aromatic N) is 1. The molecule has 1 rings (SSSR count). The Balaban J connectivity index is 3.28. The van der Waals surface area contributed by atoms with Crippen LogP contribution in [0.4, 0.5) is 35.7 Å². The summed E-state index contributed by atoms with van der Waals surface area (Å²) in [6, 6.07) is 1.45. The van der Waals surface area contributed by atoms with E-state index >= 15 is 0 Å². The van der Waals surface area contributed by atoms with E-state index in [2.05, 4.69) is 0 Å². The summed E-state index contributed by atoms with van der Waals surface area (Å²) in [5, 5.41) is 9.40. The van der Waals surface area contributed by atoms with Crippen LogP contribution in [-0.4, -0.2) is 36.0 Å². The Kier molecular flexibility index (Phi) is 6.16. The Hall–Kier alpha value is -2.36. The lowest BCUT2D eigenvalue weighted by Crippen LogP contribution is -2.57. The number of thiophene rings is 1. The van der Waals surface area contributed by atoms with E-state index < -0.39 is 46.6 Å². The molecule has 0 unspecified atom stereocenters. The molecule has 1 aromatic heterocycles. The van der Waals surface area contributed by atoms with Gasteiger partial charge in [0.05, 0.1) is 11.7 Å². The van der Waals surface area contributed by atoms with E-state index in [9.17, 15) is 40.3 Å². The van der Waals surface area contributed by atoms with Crippen LogP contribution < -0.4 is 5.32 Å². The monoisotopic (exact) mass is 420 g/mol. The SMILES string of the molecule is Cc1c(C(=O)OC(C)C)sc(NC(=O)C(F)(F)C(F)(F)C(F)(F)F)c1C#N. The van der Waals surface area contributed by atoms with Crippen molar-refractivity contribution in [2.45, 2.75) is 44.9 Å². The minimum atomic E-state index is -6.69. The highest BCUT2D eigenvalue weighted by Crippen LogP contribution is 2.47. The predicted molar refractivity (Wildman–Crippen MR) is 78.9 cm³/mol. The molecule has 5 nitrogen and oxygen atoms in total. The van der Waals surface area contributed by atoms with Gasteiger partial charge in [-0.2, -0.15) is 36.0 Å². The van der Waals surface area contributed by atoms with E-state index in [1.165, 1.54) is 32.2 Å². The third-order valence-electron chi connectivity index (χ3n) is 3.05. The number of carbonyl (C=O) groups excluding carboxylic acids is 2. The summed E-state index contributed by atoms with van der Waals surface area (Å²) in [4.78, 5) is 23.0. The summed E-state index contributed by atoms with van der Waals surface area (Å²) < 4.78 is 93.9. The first-order valence-corrected chi connectivity index (χ1v) is 7.77. The molecule has 0 aliphatic rings. The van der Waals surface area contributed by atoms with E-state index in [-0.39, 0.29) is 21.8 Å². The summed E-state index contributed by atoms with van der Waals surface area (Å²) in [5.41, 5.74) is -0.662. The summed E-state index contributed by atoms with van der Waals surface area (Å²) >= 11 is 0.235. The van der Waals surface area contributed by atoms with Crippen LogP contribution in [-0.2, 0) is 9.53 Å². The second-order valence-corrected chi connectivity index (χ2v) is 6.45. The third-order valence-corrected chi connectivity index (χ3v) is 4.24. The molecular formula is C14H11F7N2O3S. The average molecular weight is 420 g/mol. The van der Waals surface area contributed by atoms with E-state index in [0.717, 1.165) is 0 Å². The molecule has 0 aliphatic carbocycles. The molecule has 0 fully saturated rings. The van der Waals surface area contributed by atoms with Gasteiger partial charge in [-0.05, 0) is 26.3 Å². The van der Waals surface area contributed by atoms with Crippen LogP contribution in [0.3, 0.4) is 0 Å². The minimum absolute atomic E-state index is 0.116. The van der Waals surface area contributed by atoms with Crippen LogP contribution in [0.15, 0.2) is 0 Å². The van der Waals surface area contributed by atoms with Crippen LogP contribution in [0.2, 0.25) is 0 Å². The lowest BCUT2D eigenvalue weighted by Gasteiger charge is -2.26. The van der Waals surface area contributed by atoms with Crippen molar-refractivity contribution < 1.29 is 45.1 Å². The molecule has 0 aromatic carbocycles. The number of hydrogen-bond donors (Lipinski definition) is 1. The second kappa shape index (κ2) is 7.34. The van der Waals surface area contributed by atoms with Crippen LogP contribution in [0, 0.1) is 18.3 Å². The molecule has 0 spiro atoms. The smallest absolute Gasteiger partial charge is 0.459 e. The van der Waals surface area contributed by atoms with Crippen LogP contribution >= 0.6 is 11.3 Å². The number of carbonyl (C=O) groups is 2. The zero-order chi connectivity index (χ0) is 21.4. The molecular weight excluding hydrogens is 409 g/mol. The van der Waals surface area contributed by atoms with E-state index in [0.29, 0.717) is 0 Å². The molecule has 1 amide bonds. The number of hydrogen-bond acceptors (Lipinski definition) is 5. The van der Waals surface area contributed by atoms with Gasteiger partial charge in [0.2, 0.25) is 0 Å². The van der Waals surface area contributed by atoms with Crippen LogP contribution in [0.25, 0.3) is 0 Å². The highest BCUT2D eigenvalue weighted by molar-refractivity contribution is 7.18. The minimum Gasteiger partial charge on any atom is -0.459 e. The fourth-order valence-corrected chi connectivity index (χ4v) is 2.74. The van der Waals surface area contributed by atoms with Gasteiger partial charge in [0.1, 0.15) is 15.9 Å². The standard InChI is InChI=1S/C14H11F7N2O3S/c1-5(2)26-10(24)8-6(3)7(4-22)9(27-8)23-11(25)12(15,16)13(17,18)14(19,20)21/h5H,1-3H3,(H,23,25). The van der Waals surface area contributed by atoms with Crippen molar-refractivity contribution in [3.63, 3.8) is 0 Å². The molecule has 0 bridgehead atoms. The predicted octanol–water partition coefficient (Wildman–Crippen LogP) is 4.26. The number of nitrogens with one attached hydrogen (secondary N) is 1. The van der Waals surface area contributed by atoms with Crippen molar-refractivity contribution in [1.82, 2.24) is 0 Å². The van der Waals surface area contributed by atoms with Gasteiger partial charge >= 0.3 is 29.9 Å². The molecule has 0 saturated carbocycles. The maximum atomic E-state index is 13.4. The Bertz CT molecular complexity index is 794. The lowest BCUT2D eigenvalue weighted by atomic mass is 10.1. The zero-order valence-electron chi connectivity index (χ0n) is 13.8. The number of nitriles is 1. The van der Waals surface area contributed by atoms with Gasteiger partial charge in [-0.15, -0.1) is 11.3 Å². The first-order valence-electron chi connectivity index (χ1n) is 6.96.